The van der Waals surface area contributed by atoms with Gasteiger partial charge in [-0.3, -0.25) is 4.79 Å². The molecule has 4 heteroatoms. The van der Waals surface area contributed by atoms with E-state index in [1.165, 1.54) is 6.07 Å². The largest absolute Gasteiger partial charge is 0.396 e. The Morgan fingerprint density at radius 2 is 2.11 bits per heavy atom. The molecule has 2 rings (SSSR count). The average molecular weight is 264 g/mol. The van der Waals surface area contributed by atoms with Gasteiger partial charge in [0.15, 0.2) is 0 Å². The van der Waals surface area contributed by atoms with E-state index in [1.54, 1.807) is 12.1 Å². The van der Waals surface area contributed by atoms with Crippen LogP contribution in [-0.2, 0) is 11.3 Å². The first-order valence-corrected chi connectivity index (χ1v) is 6.69. The van der Waals surface area contributed by atoms with E-state index in [4.69, 9.17) is 5.73 Å². The summed E-state index contributed by atoms with van der Waals surface area (Å²) in [6.45, 7) is 5.57. The van der Waals surface area contributed by atoms with Gasteiger partial charge in [-0.05, 0) is 36.0 Å². The van der Waals surface area contributed by atoms with Crippen LogP contribution in [0.5, 0.6) is 0 Å². The molecule has 0 aromatic heterocycles. The zero-order chi connectivity index (χ0) is 14.0. The highest BCUT2D eigenvalue weighted by molar-refractivity contribution is 5.76. The lowest BCUT2D eigenvalue weighted by Gasteiger charge is -2.23. The molecule has 2 N–H and O–H groups in total. The number of amides is 1. The quantitative estimate of drug-likeness (QED) is 0.835. The first-order chi connectivity index (χ1) is 8.87. The van der Waals surface area contributed by atoms with Gasteiger partial charge in [-0.1, -0.05) is 19.9 Å². The number of nitrogen functional groups attached to an aromatic ring is 1. The number of carbonyl (C=O) groups excluding carboxylic acids is 1. The zero-order valence-corrected chi connectivity index (χ0v) is 11.6. The van der Waals surface area contributed by atoms with Crippen molar-refractivity contribution in [1.29, 1.82) is 0 Å². The summed E-state index contributed by atoms with van der Waals surface area (Å²) >= 11 is 0. The van der Waals surface area contributed by atoms with Gasteiger partial charge in [0.05, 0.1) is 5.69 Å². The van der Waals surface area contributed by atoms with E-state index in [9.17, 15) is 9.18 Å². The Morgan fingerprint density at radius 3 is 2.79 bits per heavy atom. The topological polar surface area (TPSA) is 46.3 Å². The minimum absolute atomic E-state index is 0.145. The van der Waals surface area contributed by atoms with Crippen molar-refractivity contribution in [3.63, 3.8) is 0 Å². The van der Waals surface area contributed by atoms with Crippen LogP contribution in [0.1, 0.15) is 38.7 Å². The van der Waals surface area contributed by atoms with Gasteiger partial charge >= 0.3 is 0 Å². The van der Waals surface area contributed by atoms with Gasteiger partial charge in [-0.2, -0.15) is 0 Å². The predicted octanol–water partition coefficient (Wildman–Crippen LogP) is 2.95. The smallest absolute Gasteiger partial charge is 0.222 e. The first kappa shape index (κ1) is 13.8. The number of anilines is 1. The van der Waals surface area contributed by atoms with Crippen molar-refractivity contribution in [3.8, 4) is 0 Å². The number of carbonyl (C=O) groups is 1. The molecule has 1 aromatic rings. The van der Waals surface area contributed by atoms with Crippen LogP contribution >= 0.6 is 0 Å². The van der Waals surface area contributed by atoms with Gasteiger partial charge in [-0.15, -0.1) is 0 Å². The zero-order valence-electron chi connectivity index (χ0n) is 11.6. The van der Waals surface area contributed by atoms with Crippen molar-refractivity contribution >= 4 is 11.6 Å². The highest BCUT2D eigenvalue weighted by Gasteiger charge is 2.27. The number of halogens is 1. The number of hydrogen-bond acceptors (Lipinski definition) is 2. The molecular formula is C15H21FN2O. The van der Waals surface area contributed by atoms with Crippen molar-refractivity contribution < 1.29 is 9.18 Å². The molecule has 104 valence electrons. The normalized spacial score (nSPS) is 19.3. The average Bonchev–Trinajstić information content (AvgIpc) is 2.47. The highest BCUT2D eigenvalue weighted by Crippen LogP contribution is 2.30. The molecular weight excluding hydrogens is 243 g/mol. The third-order valence-corrected chi connectivity index (χ3v) is 3.87. The van der Waals surface area contributed by atoms with E-state index < -0.39 is 5.82 Å². The number of rotatable bonds is 2. The summed E-state index contributed by atoms with van der Waals surface area (Å²) < 4.78 is 13.4. The second-order valence-electron chi connectivity index (χ2n) is 6.09. The molecule has 0 radical (unpaired) electrons. The van der Waals surface area contributed by atoms with Crippen LogP contribution in [0.3, 0.4) is 0 Å². The highest BCUT2D eigenvalue weighted by atomic mass is 19.1. The Balaban J connectivity index is 2.09. The SMILES string of the molecule is CC1(C)CCC(=O)N(Cc2ccc(N)c(F)c2)CC1. The Labute approximate surface area is 113 Å². The maximum Gasteiger partial charge on any atom is 0.222 e. The Kier molecular flexibility index (Phi) is 3.78. The fraction of sp³-hybridized carbons (Fsp3) is 0.533. The van der Waals surface area contributed by atoms with E-state index >= 15 is 0 Å². The Hall–Kier alpha value is -1.58. The van der Waals surface area contributed by atoms with Crippen molar-refractivity contribution in [3.05, 3.63) is 29.6 Å². The van der Waals surface area contributed by atoms with Gasteiger partial charge < -0.3 is 10.6 Å². The van der Waals surface area contributed by atoms with Gasteiger partial charge in [0, 0.05) is 19.5 Å². The first-order valence-electron chi connectivity index (χ1n) is 6.69. The fourth-order valence-corrected chi connectivity index (χ4v) is 2.35. The lowest BCUT2D eigenvalue weighted by Crippen LogP contribution is -2.30. The van der Waals surface area contributed by atoms with Crippen LogP contribution in [0.15, 0.2) is 18.2 Å². The van der Waals surface area contributed by atoms with Gasteiger partial charge in [0.25, 0.3) is 0 Å². The lowest BCUT2D eigenvalue weighted by atomic mass is 9.85. The molecule has 19 heavy (non-hydrogen) atoms. The summed E-state index contributed by atoms with van der Waals surface area (Å²) in [5, 5.41) is 0. The predicted molar refractivity (Wildman–Crippen MR) is 73.9 cm³/mol. The minimum Gasteiger partial charge on any atom is -0.396 e. The van der Waals surface area contributed by atoms with Gasteiger partial charge in [-0.25, -0.2) is 4.39 Å². The van der Waals surface area contributed by atoms with Crippen LogP contribution < -0.4 is 5.73 Å². The molecule has 1 aliphatic heterocycles. The third kappa shape index (κ3) is 3.46. The second kappa shape index (κ2) is 5.19. The third-order valence-electron chi connectivity index (χ3n) is 3.87. The van der Waals surface area contributed by atoms with Crippen molar-refractivity contribution in [1.82, 2.24) is 4.90 Å². The van der Waals surface area contributed by atoms with E-state index in [2.05, 4.69) is 13.8 Å². The van der Waals surface area contributed by atoms with Crippen LogP contribution in [-0.4, -0.2) is 17.4 Å². The number of benzene rings is 1. The number of likely N-dealkylation sites (tertiary alicyclic amines) is 1. The molecule has 1 amide bonds. The molecule has 1 fully saturated rings. The molecule has 1 saturated heterocycles. The fourth-order valence-electron chi connectivity index (χ4n) is 2.35. The second-order valence-corrected chi connectivity index (χ2v) is 6.09. The maximum absolute atomic E-state index is 13.4. The summed E-state index contributed by atoms with van der Waals surface area (Å²) in [6.07, 6.45) is 2.47. The Morgan fingerprint density at radius 1 is 1.37 bits per heavy atom. The maximum atomic E-state index is 13.4. The number of hydrogen-bond donors (Lipinski definition) is 1. The van der Waals surface area contributed by atoms with E-state index in [0.717, 1.165) is 24.9 Å². The van der Waals surface area contributed by atoms with Gasteiger partial charge in [0.1, 0.15) is 5.82 Å². The summed E-state index contributed by atoms with van der Waals surface area (Å²) in [4.78, 5) is 13.9. The molecule has 0 aliphatic carbocycles. The van der Waals surface area contributed by atoms with Crippen LogP contribution in [0, 0.1) is 11.2 Å². The molecule has 0 unspecified atom stereocenters. The molecule has 3 nitrogen and oxygen atoms in total. The lowest BCUT2D eigenvalue weighted by molar-refractivity contribution is -0.131. The molecule has 0 bridgehead atoms. The van der Waals surface area contributed by atoms with Crippen LogP contribution in [0.2, 0.25) is 0 Å². The van der Waals surface area contributed by atoms with E-state index in [-0.39, 0.29) is 17.0 Å². The van der Waals surface area contributed by atoms with Gasteiger partial charge in [0.2, 0.25) is 5.91 Å². The summed E-state index contributed by atoms with van der Waals surface area (Å²) in [6, 6.07) is 4.75. The van der Waals surface area contributed by atoms with Crippen LogP contribution in [0.4, 0.5) is 10.1 Å². The molecule has 0 atom stereocenters. The number of nitrogens with zero attached hydrogens (tertiary/aromatic N) is 1. The van der Waals surface area contributed by atoms with Crippen molar-refractivity contribution in [2.75, 3.05) is 12.3 Å². The molecule has 0 spiro atoms. The van der Waals surface area contributed by atoms with Crippen molar-refractivity contribution in [2.45, 2.75) is 39.7 Å². The summed E-state index contributed by atoms with van der Waals surface area (Å²) in [5.41, 5.74) is 6.60. The molecule has 1 heterocycles. The van der Waals surface area contributed by atoms with Crippen LogP contribution in [0.25, 0.3) is 0 Å². The van der Waals surface area contributed by atoms with E-state index in [0.29, 0.717) is 13.0 Å². The van der Waals surface area contributed by atoms with Crippen molar-refractivity contribution in [2.24, 2.45) is 5.41 Å². The monoisotopic (exact) mass is 264 g/mol. The number of nitrogens with two attached hydrogens (primary N) is 1. The standard InChI is InChI=1S/C15H21FN2O/c1-15(2)6-5-14(19)18(8-7-15)10-11-3-4-13(17)12(16)9-11/h3-4,9H,5-8,10,17H2,1-2H3. The summed E-state index contributed by atoms with van der Waals surface area (Å²) in [7, 11) is 0. The molecule has 1 aromatic carbocycles. The molecule has 1 aliphatic rings. The Bertz CT molecular complexity index is 485. The minimum atomic E-state index is -0.417. The van der Waals surface area contributed by atoms with E-state index in [1.807, 2.05) is 4.90 Å². The molecule has 0 saturated carbocycles. The summed E-state index contributed by atoms with van der Waals surface area (Å²) in [5.74, 6) is -0.261.